The van der Waals surface area contributed by atoms with Gasteiger partial charge in [0.15, 0.2) is 0 Å². The molecule has 1 fully saturated rings. The highest BCUT2D eigenvalue weighted by molar-refractivity contribution is 6.32. The minimum absolute atomic E-state index is 0.173. The van der Waals surface area contributed by atoms with E-state index in [1.165, 1.54) is 6.33 Å². The third kappa shape index (κ3) is 5.95. The average Bonchev–Trinajstić information content (AvgIpc) is 2.91. The molecule has 0 spiro atoms. The number of nitrogens with zero attached hydrogens (tertiary/aromatic N) is 4. The summed E-state index contributed by atoms with van der Waals surface area (Å²) in [7, 11) is 0. The van der Waals surface area contributed by atoms with Crippen LogP contribution >= 0.6 is 11.6 Å². The van der Waals surface area contributed by atoms with Gasteiger partial charge in [-0.25, -0.2) is 9.97 Å². The molecule has 2 aromatic carbocycles. The maximum Gasteiger partial charge on any atom is 0.248 e. The van der Waals surface area contributed by atoms with Gasteiger partial charge in [-0.2, -0.15) is 0 Å². The number of fused-ring (bicyclic) bond motifs is 1. The summed E-state index contributed by atoms with van der Waals surface area (Å²) in [5, 5.41) is 13.8. The van der Waals surface area contributed by atoms with E-state index >= 15 is 0 Å². The highest BCUT2D eigenvalue weighted by atomic mass is 35.5. The summed E-state index contributed by atoms with van der Waals surface area (Å²) in [6.07, 6.45) is 6.21. The number of aliphatic hydroxyl groups excluding tert-OH is 1. The van der Waals surface area contributed by atoms with Gasteiger partial charge in [-0.1, -0.05) is 23.7 Å². The van der Waals surface area contributed by atoms with E-state index in [4.69, 9.17) is 21.1 Å². The Morgan fingerprint density at radius 1 is 1.05 bits per heavy atom. The highest BCUT2D eigenvalue weighted by Gasteiger charge is 2.28. The molecule has 0 saturated heterocycles. The summed E-state index contributed by atoms with van der Waals surface area (Å²) in [5.41, 5.74) is 2.24. The lowest BCUT2D eigenvalue weighted by Crippen LogP contribution is -2.47. The van der Waals surface area contributed by atoms with Crippen LogP contribution in [0.5, 0.6) is 11.5 Å². The van der Waals surface area contributed by atoms with Crippen molar-refractivity contribution in [2.45, 2.75) is 31.9 Å². The van der Waals surface area contributed by atoms with E-state index in [0.29, 0.717) is 46.4 Å². The summed E-state index contributed by atoms with van der Waals surface area (Å²) in [5.74, 6) is 1.43. The van der Waals surface area contributed by atoms with Crippen LogP contribution in [0, 0.1) is 0 Å². The monoisotopic (exact) mass is 533 g/mol. The molecule has 0 bridgehead atoms. The van der Waals surface area contributed by atoms with Crippen LogP contribution in [0.15, 0.2) is 67.1 Å². The average molecular weight is 534 g/mol. The van der Waals surface area contributed by atoms with Crippen molar-refractivity contribution in [3.63, 3.8) is 0 Å². The zero-order valence-electron chi connectivity index (χ0n) is 20.7. The molecule has 10 heteroatoms. The van der Waals surface area contributed by atoms with E-state index < -0.39 is 6.61 Å². The molecule has 4 aromatic rings. The van der Waals surface area contributed by atoms with Crippen molar-refractivity contribution in [1.82, 2.24) is 19.9 Å². The normalized spacial score (nSPS) is 13.1. The van der Waals surface area contributed by atoms with Gasteiger partial charge < -0.3 is 24.8 Å². The van der Waals surface area contributed by atoms with E-state index in [-0.39, 0.29) is 18.6 Å². The maximum absolute atomic E-state index is 12.2. The first-order chi connectivity index (χ1) is 18.6. The maximum atomic E-state index is 12.2. The summed E-state index contributed by atoms with van der Waals surface area (Å²) < 4.78 is 11.9. The quantitative estimate of drug-likeness (QED) is 0.284. The van der Waals surface area contributed by atoms with Gasteiger partial charge in [0.2, 0.25) is 5.91 Å². The largest absolute Gasteiger partial charge is 0.491 e. The van der Waals surface area contributed by atoms with Crippen molar-refractivity contribution in [3.05, 3.63) is 77.8 Å². The predicted molar refractivity (Wildman–Crippen MR) is 145 cm³/mol. The molecule has 0 unspecified atom stereocenters. The summed E-state index contributed by atoms with van der Waals surface area (Å²) in [6.45, 7) is 0.491. The molecule has 2 heterocycles. The van der Waals surface area contributed by atoms with Crippen molar-refractivity contribution < 1.29 is 19.4 Å². The summed E-state index contributed by atoms with van der Waals surface area (Å²) in [6, 6.07) is 16.8. The molecule has 2 aromatic heterocycles. The number of hydrogen-bond donors (Lipinski definition) is 2. The third-order valence-electron chi connectivity index (χ3n) is 6.48. The van der Waals surface area contributed by atoms with E-state index in [2.05, 4.69) is 20.3 Å². The van der Waals surface area contributed by atoms with Crippen molar-refractivity contribution in [2.24, 2.45) is 0 Å². The van der Waals surface area contributed by atoms with E-state index in [9.17, 15) is 9.90 Å². The van der Waals surface area contributed by atoms with Crippen LogP contribution in [0.3, 0.4) is 0 Å². The Morgan fingerprint density at radius 2 is 1.95 bits per heavy atom. The number of benzene rings is 2. The Morgan fingerprint density at radius 3 is 2.68 bits per heavy atom. The minimum atomic E-state index is -0.498. The van der Waals surface area contributed by atoms with Crippen LogP contribution < -0.4 is 14.8 Å². The fourth-order valence-electron chi connectivity index (χ4n) is 4.32. The van der Waals surface area contributed by atoms with Crippen LogP contribution in [0.2, 0.25) is 5.02 Å². The summed E-state index contributed by atoms with van der Waals surface area (Å²) >= 11 is 6.50. The zero-order chi connectivity index (χ0) is 26.3. The second-order valence-electron chi connectivity index (χ2n) is 8.93. The molecule has 5 rings (SSSR count). The number of ether oxygens (including phenoxy) is 2. The van der Waals surface area contributed by atoms with E-state index in [1.54, 1.807) is 23.2 Å². The Balaban J connectivity index is 1.30. The lowest BCUT2D eigenvalue weighted by Gasteiger charge is -2.37. The molecule has 38 heavy (non-hydrogen) atoms. The van der Waals surface area contributed by atoms with Gasteiger partial charge in [0, 0.05) is 17.9 Å². The molecular weight excluding hydrogens is 506 g/mol. The molecule has 196 valence electrons. The zero-order valence-corrected chi connectivity index (χ0v) is 21.5. The second kappa shape index (κ2) is 12.1. The number of anilines is 2. The van der Waals surface area contributed by atoms with Crippen molar-refractivity contribution in [2.75, 3.05) is 25.1 Å². The molecule has 1 aliphatic rings. The van der Waals surface area contributed by atoms with Crippen LogP contribution in [-0.2, 0) is 11.4 Å². The number of amides is 1. The van der Waals surface area contributed by atoms with Gasteiger partial charge in [0.05, 0.1) is 28.2 Å². The fraction of sp³-hybridized carbons (Fsp3) is 0.286. The molecule has 1 saturated carbocycles. The van der Waals surface area contributed by atoms with Crippen LogP contribution in [-0.4, -0.2) is 56.7 Å². The first-order valence-corrected chi connectivity index (χ1v) is 12.9. The number of carbonyl (C=O) groups is 1. The van der Waals surface area contributed by atoms with E-state index in [0.717, 1.165) is 30.6 Å². The lowest BCUT2D eigenvalue weighted by atomic mass is 9.91. The van der Waals surface area contributed by atoms with Crippen LogP contribution in [0.4, 0.5) is 11.5 Å². The number of hydrogen-bond acceptors (Lipinski definition) is 8. The predicted octanol–water partition coefficient (Wildman–Crippen LogP) is 4.75. The molecule has 1 amide bonds. The summed E-state index contributed by atoms with van der Waals surface area (Å²) in [4.78, 5) is 27.0. The van der Waals surface area contributed by atoms with Gasteiger partial charge in [-0.05, 0) is 61.7 Å². The SMILES string of the molecule is O=C(CO)N(CCOc1cccc2ncnc(Nc3ccc(OCc4ccccn4)c(Cl)c3)c12)C1CCC1. The molecule has 0 radical (unpaired) electrons. The van der Waals surface area contributed by atoms with Crippen LogP contribution in [0.25, 0.3) is 10.9 Å². The van der Waals surface area contributed by atoms with Gasteiger partial charge in [-0.3, -0.25) is 9.78 Å². The molecule has 9 nitrogen and oxygen atoms in total. The highest BCUT2D eigenvalue weighted by Crippen LogP contribution is 2.34. The molecule has 2 N–H and O–H groups in total. The Kier molecular flexibility index (Phi) is 8.15. The number of nitrogens with one attached hydrogen (secondary N) is 1. The molecule has 0 aliphatic heterocycles. The number of aliphatic hydroxyl groups is 1. The smallest absolute Gasteiger partial charge is 0.248 e. The third-order valence-corrected chi connectivity index (χ3v) is 6.78. The number of rotatable bonds is 11. The van der Waals surface area contributed by atoms with E-state index in [1.807, 2.05) is 42.5 Å². The number of aromatic nitrogens is 3. The van der Waals surface area contributed by atoms with Crippen LogP contribution in [0.1, 0.15) is 25.0 Å². The number of halogens is 1. The Labute approximate surface area is 225 Å². The molecule has 1 aliphatic carbocycles. The standard InChI is InChI=1S/C28H28ClN5O4/c29-22-15-19(10-11-24(22)38-17-20-5-1-2-12-30-20)33-28-27-23(31-18-32-28)8-4-9-25(27)37-14-13-34(26(36)16-35)21-6-3-7-21/h1-2,4-5,8-12,15,18,21,35H,3,6-7,13-14,16-17H2,(H,31,32,33). The number of pyridine rings is 1. The van der Waals surface area contributed by atoms with Gasteiger partial charge in [0.25, 0.3) is 0 Å². The van der Waals surface area contributed by atoms with Crippen molar-refractivity contribution in [3.8, 4) is 11.5 Å². The fourth-order valence-corrected chi connectivity index (χ4v) is 4.55. The van der Waals surface area contributed by atoms with Gasteiger partial charge in [-0.15, -0.1) is 0 Å². The van der Waals surface area contributed by atoms with Crippen molar-refractivity contribution in [1.29, 1.82) is 0 Å². The van der Waals surface area contributed by atoms with Gasteiger partial charge in [0.1, 0.15) is 43.5 Å². The van der Waals surface area contributed by atoms with Crippen molar-refractivity contribution >= 4 is 39.9 Å². The molecular formula is C28H28ClN5O4. The topological polar surface area (TPSA) is 110 Å². The first-order valence-electron chi connectivity index (χ1n) is 12.5. The number of carbonyl (C=O) groups excluding carboxylic acids is 1. The second-order valence-corrected chi connectivity index (χ2v) is 9.34. The Hall–Kier alpha value is -3.95. The minimum Gasteiger partial charge on any atom is -0.491 e. The Bertz CT molecular complexity index is 1400. The lowest BCUT2D eigenvalue weighted by molar-refractivity contribution is -0.138. The molecule has 0 atom stereocenters. The van der Waals surface area contributed by atoms with Gasteiger partial charge >= 0.3 is 0 Å². The first kappa shape index (κ1) is 25.7.